The zero-order valence-electron chi connectivity index (χ0n) is 9.81. The monoisotopic (exact) mass is 253 g/mol. The van der Waals surface area contributed by atoms with Gasteiger partial charge in [0, 0.05) is 24.8 Å². The van der Waals surface area contributed by atoms with Crippen LogP contribution in [0.15, 0.2) is 15.7 Å². The topological polar surface area (TPSA) is 106 Å². The molecule has 1 aromatic heterocycles. The first kappa shape index (κ1) is 12.6. The van der Waals surface area contributed by atoms with E-state index < -0.39 is 11.2 Å². The van der Waals surface area contributed by atoms with E-state index in [0.717, 1.165) is 0 Å². The number of aromatic nitrogens is 2. The molecule has 1 fully saturated rings. The fourth-order valence-corrected chi connectivity index (χ4v) is 2.00. The largest absolute Gasteiger partial charge is 0.393 e. The van der Waals surface area contributed by atoms with Crippen LogP contribution in [0.3, 0.4) is 0 Å². The summed E-state index contributed by atoms with van der Waals surface area (Å²) in [7, 11) is 0. The van der Waals surface area contributed by atoms with Crippen molar-refractivity contribution in [3.63, 3.8) is 0 Å². The lowest BCUT2D eigenvalue weighted by Gasteiger charge is -2.29. The number of aliphatic hydroxyl groups excluding tert-OH is 1. The fourth-order valence-electron chi connectivity index (χ4n) is 2.00. The molecule has 18 heavy (non-hydrogen) atoms. The Morgan fingerprint density at radius 3 is 2.61 bits per heavy atom. The molecule has 7 heteroatoms. The third kappa shape index (κ3) is 3.07. The van der Waals surface area contributed by atoms with Crippen LogP contribution in [-0.4, -0.2) is 45.1 Å². The van der Waals surface area contributed by atoms with E-state index in [2.05, 4.69) is 4.98 Å². The van der Waals surface area contributed by atoms with Crippen molar-refractivity contribution in [2.45, 2.75) is 25.4 Å². The van der Waals surface area contributed by atoms with Crippen molar-refractivity contribution in [3.05, 3.63) is 32.6 Å². The van der Waals surface area contributed by atoms with E-state index in [-0.39, 0.29) is 18.4 Å². The summed E-state index contributed by atoms with van der Waals surface area (Å²) in [4.78, 5) is 40.1. The molecule has 0 saturated carbocycles. The molecular formula is C11H15N3O4. The highest BCUT2D eigenvalue weighted by atomic mass is 16.3. The predicted molar refractivity (Wildman–Crippen MR) is 63.2 cm³/mol. The van der Waals surface area contributed by atoms with E-state index in [1.54, 1.807) is 4.90 Å². The van der Waals surface area contributed by atoms with Gasteiger partial charge in [-0.2, -0.15) is 0 Å². The van der Waals surface area contributed by atoms with Gasteiger partial charge in [-0.05, 0) is 12.8 Å². The third-order valence-corrected chi connectivity index (χ3v) is 2.98. The molecule has 2 heterocycles. The number of H-pyrrole nitrogens is 2. The van der Waals surface area contributed by atoms with Gasteiger partial charge in [-0.15, -0.1) is 0 Å². The highest BCUT2D eigenvalue weighted by molar-refractivity contribution is 5.78. The van der Waals surface area contributed by atoms with Crippen LogP contribution in [0.2, 0.25) is 0 Å². The molecule has 1 aromatic rings. The van der Waals surface area contributed by atoms with Crippen molar-refractivity contribution in [1.82, 2.24) is 14.9 Å². The number of aromatic amines is 2. The highest BCUT2D eigenvalue weighted by Gasteiger charge is 2.21. The van der Waals surface area contributed by atoms with Crippen molar-refractivity contribution in [3.8, 4) is 0 Å². The quantitative estimate of drug-likeness (QED) is 0.602. The van der Waals surface area contributed by atoms with Crippen molar-refractivity contribution < 1.29 is 9.90 Å². The molecule has 1 saturated heterocycles. The van der Waals surface area contributed by atoms with Crippen LogP contribution < -0.4 is 11.2 Å². The highest BCUT2D eigenvalue weighted by Crippen LogP contribution is 2.10. The van der Waals surface area contributed by atoms with Gasteiger partial charge in [0.25, 0.3) is 5.56 Å². The SMILES string of the molecule is O=C(Cc1cc(=O)[nH]c(=O)[nH]1)N1CCC(O)CC1. The van der Waals surface area contributed by atoms with Gasteiger partial charge in [-0.3, -0.25) is 14.6 Å². The van der Waals surface area contributed by atoms with Crippen LogP contribution >= 0.6 is 0 Å². The number of carbonyl (C=O) groups is 1. The van der Waals surface area contributed by atoms with Crippen LogP contribution in [0.5, 0.6) is 0 Å². The standard InChI is InChI=1S/C11H15N3O4/c15-8-1-3-14(4-2-8)10(17)6-7-5-9(16)13-11(18)12-7/h5,8,15H,1-4,6H2,(H2,12,13,16,18). The lowest BCUT2D eigenvalue weighted by atomic mass is 10.1. The lowest BCUT2D eigenvalue weighted by Crippen LogP contribution is -2.41. The Balaban J connectivity index is 2.03. The van der Waals surface area contributed by atoms with Gasteiger partial charge in [0.15, 0.2) is 0 Å². The molecule has 0 radical (unpaired) electrons. The molecule has 0 atom stereocenters. The van der Waals surface area contributed by atoms with Gasteiger partial charge in [-0.1, -0.05) is 0 Å². The molecular weight excluding hydrogens is 238 g/mol. The molecule has 1 aliphatic heterocycles. The predicted octanol–water partition coefficient (Wildman–Crippen LogP) is -1.41. The van der Waals surface area contributed by atoms with Crippen molar-refractivity contribution >= 4 is 5.91 Å². The minimum Gasteiger partial charge on any atom is -0.393 e. The number of likely N-dealkylation sites (tertiary alicyclic amines) is 1. The average Bonchev–Trinajstić information content (AvgIpc) is 2.28. The number of aliphatic hydroxyl groups is 1. The zero-order chi connectivity index (χ0) is 13.1. The summed E-state index contributed by atoms with van der Waals surface area (Å²) in [6, 6.07) is 1.21. The van der Waals surface area contributed by atoms with Gasteiger partial charge in [-0.25, -0.2) is 4.79 Å². The summed E-state index contributed by atoms with van der Waals surface area (Å²) in [5, 5.41) is 9.34. The first-order chi connectivity index (χ1) is 8.54. The lowest BCUT2D eigenvalue weighted by molar-refractivity contribution is -0.132. The second-order valence-electron chi connectivity index (χ2n) is 4.40. The van der Waals surface area contributed by atoms with Crippen LogP contribution in [0.25, 0.3) is 0 Å². The number of carbonyl (C=O) groups excluding carboxylic acids is 1. The molecule has 0 aromatic carbocycles. The van der Waals surface area contributed by atoms with Crippen LogP contribution in [-0.2, 0) is 11.2 Å². The summed E-state index contributed by atoms with van der Waals surface area (Å²) in [6.07, 6.45) is 0.790. The summed E-state index contributed by atoms with van der Waals surface area (Å²) in [6.45, 7) is 1.01. The second-order valence-corrected chi connectivity index (χ2v) is 4.40. The summed E-state index contributed by atoms with van der Waals surface area (Å²) < 4.78 is 0. The molecule has 7 nitrogen and oxygen atoms in total. The zero-order valence-corrected chi connectivity index (χ0v) is 9.81. The Morgan fingerprint density at radius 2 is 2.00 bits per heavy atom. The molecule has 0 spiro atoms. The number of amides is 1. The number of hydrogen-bond donors (Lipinski definition) is 3. The maximum atomic E-state index is 11.9. The van der Waals surface area contributed by atoms with E-state index in [9.17, 15) is 19.5 Å². The number of piperidine rings is 1. The van der Waals surface area contributed by atoms with Crippen LogP contribution in [0.1, 0.15) is 18.5 Å². The smallest absolute Gasteiger partial charge is 0.325 e. The Bertz CT molecular complexity index is 511. The number of hydrogen-bond acceptors (Lipinski definition) is 4. The van der Waals surface area contributed by atoms with Crippen LogP contribution in [0, 0.1) is 0 Å². The summed E-state index contributed by atoms with van der Waals surface area (Å²) in [5.74, 6) is -0.150. The van der Waals surface area contributed by atoms with Crippen molar-refractivity contribution in [1.29, 1.82) is 0 Å². The third-order valence-electron chi connectivity index (χ3n) is 2.98. The minimum absolute atomic E-state index is 0.00471. The van der Waals surface area contributed by atoms with Gasteiger partial charge >= 0.3 is 5.69 Å². The Hall–Kier alpha value is -1.89. The van der Waals surface area contributed by atoms with E-state index in [0.29, 0.717) is 31.6 Å². The van der Waals surface area contributed by atoms with E-state index in [1.807, 2.05) is 4.98 Å². The van der Waals surface area contributed by atoms with E-state index >= 15 is 0 Å². The molecule has 0 aliphatic carbocycles. The average molecular weight is 253 g/mol. The van der Waals surface area contributed by atoms with Gasteiger partial charge in [0.05, 0.1) is 12.5 Å². The molecule has 98 valence electrons. The van der Waals surface area contributed by atoms with Gasteiger partial charge < -0.3 is 15.0 Å². The van der Waals surface area contributed by atoms with Gasteiger partial charge in [0.1, 0.15) is 0 Å². The first-order valence-electron chi connectivity index (χ1n) is 5.83. The number of nitrogens with zero attached hydrogens (tertiary/aromatic N) is 1. The fraction of sp³-hybridized carbons (Fsp3) is 0.545. The second kappa shape index (κ2) is 5.18. The van der Waals surface area contributed by atoms with E-state index in [1.165, 1.54) is 6.07 Å². The summed E-state index contributed by atoms with van der Waals surface area (Å²) >= 11 is 0. The normalized spacial score (nSPS) is 16.8. The maximum Gasteiger partial charge on any atom is 0.325 e. The number of rotatable bonds is 2. The Morgan fingerprint density at radius 1 is 1.33 bits per heavy atom. The molecule has 1 aliphatic rings. The molecule has 0 bridgehead atoms. The maximum absolute atomic E-state index is 11.9. The Labute approximate surface area is 102 Å². The summed E-state index contributed by atoms with van der Waals surface area (Å²) in [5.41, 5.74) is -0.824. The molecule has 2 rings (SSSR count). The molecule has 3 N–H and O–H groups in total. The van der Waals surface area contributed by atoms with Crippen molar-refractivity contribution in [2.24, 2.45) is 0 Å². The number of nitrogens with one attached hydrogen (secondary N) is 2. The first-order valence-corrected chi connectivity index (χ1v) is 5.83. The van der Waals surface area contributed by atoms with Crippen LogP contribution in [0.4, 0.5) is 0 Å². The minimum atomic E-state index is -0.612. The van der Waals surface area contributed by atoms with Gasteiger partial charge in [0.2, 0.25) is 5.91 Å². The Kier molecular flexibility index (Phi) is 3.61. The molecule has 1 amide bonds. The molecule has 0 unspecified atom stereocenters. The van der Waals surface area contributed by atoms with E-state index in [4.69, 9.17) is 0 Å². The van der Waals surface area contributed by atoms with Crippen molar-refractivity contribution in [2.75, 3.05) is 13.1 Å².